The number of aliphatic imine (C=N–C) groups is 1. The number of hydrogen-bond acceptors (Lipinski definition) is 5. The van der Waals surface area contributed by atoms with E-state index >= 15 is 4.39 Å². The van der Waals surface area contributed by atoms with Crippen molar-refractivity contribution in [2.75, 3.05) is 25.1 Å². The summed E-state index contributed by atoms with van der Waals surface area (Å²) in [7, 11) is 0. The Bertz CT molecular complexity index is 1050. The highest BCUT2D eigenvalue weighted by molar-refractivity contribution is 6.03. The maximum Gasteiger partial charge on any atom is 0.274 e. The summed E-state index contributed by atoms with van der Waals surface area (Å²) in [6, 6.07) is 6.75. The van der Waals surface area contributed by atoms with Crippen LogP contribution in [0.15, 0.2) is 41.5 Å². The van der Waals surface area contributed by atoms with Crippen LogP contribution in [0, 0.1) is 12.4 Å². The van der Waals surface area contributed by atoms with Crippen LogP contribution in [0.3, 0.4) is 0 Å². The van der Waals surface area contributed by atoms with Crippen LogP contribution in [0.1, 0.15) is 23.0 Å². The van der Waals surface area contributed by atoms with Gasteiger partial charge in [-0.1, -0.05) is 6.07 Å². The zero-order valence-corrected chi connectivity index (χ0v) is 15.4. The van der Waals surface area contributed by atoms with Crippen molar-refractivity contribution in [3.05, 3.63) is 65.0 Å². The van der Waals surface area contributed by atoms with E-state index in [-0.39, 0.29) is 42.7 Å². The standard InChI is InChI=1S/C20H16F2N4O3/c1-12-26-20(11-28-9-19(20,22)10-29-12)15-7-13(3-5-16(15)21)25-18(27)17-6-4-14(23-2)8-24-17/h3-8H,9-11H2,1H3,(H,25,27)/t19-,20-/m1/s1. The summed E-state index contributed by atoms with van der Waals surface area (Å²) in [5.74, 6) is -0.965. The lowest BCUT2D eigenvalue weighted by Crippen LogP contribution is -2.53. The van der Waals surface area contributed by atoms with Crippen LogP contribution in [0.4, 0.5) is 20.2 Å². The van der Waals surface area contributed by atoms with Gasteiger partial charge in [0.25, 0.3) is 5.91 Å². The summed E-state index contributed by atoms with van der Waals surface area (Å²) < 4.78 is 40.8. The predicted octanol–water partition coefficient (Wildman–Crippen LogP) is 3.41. The van der Waals surface area contributed by atoms with E-state index in [2.05, 4.69) is 20.1 Å². The maximum atomic E-state index is 15.5. The molecule has 1 amide bonds. The third kappa shape index (κ3) is 3.11. The smallest absolute Gasteiger partial charge is 0.274 e. The number of pyridine rings is 1. The number of nitrogens with zero attached hydrogens (tertiary/aromatic N) is 3. The van der Waals surface area contributed by atoms with Gasteiger partial charge in [-0.2, -0.15) is 0 Å². The van der Waals surface area contributed by atoms with Crippen molar-refractivity contribution in [2.24, 2.45) is 4.99 Å². The maximum absolute atomic E-state index is 15.5. The van der Waals surface area contributed by atoms with E-state index < -0.39 is 22.9 Å². The Kier molecular flexibility index (Phi) is 4.51. The van der Waals surface area contributed by atoms with Crippen molar-refractivity contribution in [3.63, 3.8) is 0 Å². The number of halogens is 2. The van der Waals surface area contributed by atoms with Gasteiger partial charge in [-0.15, -0.1) is 0 Å². The number of amides is 1. The fraction of sp³-hybridized carbons (Fsp3) is 0.300. The average Bonchev–Trinajstić information content (AvgIpc) is 3.06. The molecule has 2 aliphatic rings. The van der Waals surface area contributed by atoms with Gasteiger partial charge in [0.05, 0.1) is 19.8 Å². The van der Waals surface area contributed by atoms with Crippen molar-refractivity contribution < 1.29 is 23.0 Å². The molecule has 1 fully saturated rings. The quantitative estimate of drug-likeness (QED) is 0.804. The van der Waals surface area contributed by atoms with Crippen molar-refractivity contribution in [1.82, 2.24) is 4.98 Å². The van der Waals surface area contributed by atoms with E-state index in [4.69, 9.17) is 16.0 Å². The highest BCUT2D eigenvalue weighted by Gasteiger charge is 2.62. The Hall–Kier alpha value is -3.38. The highest BCUT2D eigenvalue weighted by Crippen LogP contribution is 2.48. The number of aromatic nitrogens is 1. The van der Waals surface area contributed by atoms with Crippen molar-refractivity contribution in [2.45, 2.75) is 18.1 Å². The fourth-order valence-electron chi connectivity index (χ4n) is 3.50. The summed E-state index contributed by atoms with van der Waals surface area (Å²) in [6.45, 7) is 7.79. The van der Waals surface area contributed by atoms with Crippen LogP contribution in [-0.4, -0.2) is 42.3 Å². The van der Waals surface area contributed by atoms with Crippen LogP contribution in [0.2, 0.25) is 0 Å². The topological polar surface area (TPSA) is 77.2 Å². The SMILES string of the molecule is [C-]#[N+]c1ccc(C(=O)Nc2ccc(F)c([C@]34COC[C@@]3(F)COC(C)=N4)c2)nc1. The number of alkyl halides is 1. The van der Waals surface area contributed by atoms with Gasteiger partial charge in [0.15, 0.2) is 17.1 Å². The molecule has 0 unspecified atom stereocenters. The lowest BCUT2D eigenvalue weighted by atomic mass is 9.78. The number of hydrogen-bond donors (Lipinski definition) is 1. The number of fused-ring (bicyclic) bond motifs is 1. The lowest BCUT2D eigenvalue weighted by Gasteiger charge is -2.39. The first-order valence-electron chi connectivity index (χ1n) is 8.78. The molecule has 29 heavy (non-hydrogen) atoms. The molecule has 0 aliphatic carbocycles. The molecule has 2 aromatic rings. The minimum absolute atomic E-state index is 0.0192. The van der Waals surface area contributed by atoms with Crippen molar-refractivity contribution >= 4 is 23.2 Å². The predicted molar refractivity (Wildman–Crippen MR) is 100 cm³/mol. The summed E-state index contributed by atoms with van der Waals surface area (Å²) in [4.78, 5) is 23.9. The Morgan fingerprint density at radius 1 is 1.28 bits per heavy atom. The van der Waals surface area contributed by atoms with Crippen LogP contribution >= 0.6 is 0 Å². The molecule has 0 spiro atoms. The summed E-state index contributed by atoms with van der Waals surface area (Å²) in [6.07, 6.45) is 1.28. The number of nitrogens with one attached hydrogen (secondary N) is 1. The number of rotatable bonds is 3. The molecular weight excluding hydrogens is 382 g/mol. The van der Waals surface area contributed by atoms with Gasteiger partial charge < -0.3 is 14.8 Å². The first kappa shape index (κ1) is 19.0. The van der Waals surface area contributed by atoms with Crippen LogP contribution < -0.4 is 5.32 Å². The Labute approximate surface area is 165 Å². The van der Waals surface area contributed by atoms with Crippen LogP contribution in [0.5, 0.6) is 0 Å². The number of benzene rings is 1. The van der Waals surface area contributed by atoms with Crippen molar-refractivity contribution in [3.8, 4) is 0 Å². The molecule has 0 saturated carbocycles. The van der Waals surface area contributed by atoms with Gasteiger partial charge in [-0.3, -0.25) is 9.78 Å². The van der Waals surface area contributed by atoms with Gasteiger partial charge in [-0.25, -0.2) is 18.6 Å². The molecule has 7 nitrogen and oxygen atoms in total. The van der Waals surface area contributed by atoms with E-state index in [0.29, 0.717) is 5.69 Å². The van der Waals surface area contributed by atoms with Crippen LogP contribution in [0.25, 0.3) is 4.85 Å². The lowest BCUT2D eigenvalue weighted by molar-refractivity contribution is 0.00964. The average molecular weight is 398 g/mol. The Morgan fingerprint density at radius 3 is 2.83 bits per heavy atom. The van der Waals surface area contributed by atoms with E-state index in [0.717, 1.165) is 6.07 Å². The molecule has 0 bridgehead atoms. The van der Waals surface area contributed by atoms with Gasteiger partial charge in [0.1, 0.15) is 18.1 Å². The Morgan fingerprint density at radius 2 is 2.10 bits per heavy atom. The second kappa shape index (κ2) is 6.90. The summed E-state index contributed by atoms with van der Waals surface area (Å²) in [5.41, 5.74) is -2.98. The molecule has 1 aromatic heterocycles. The largest absolute Gasteiger partial charge is 0.478 e. The molecule has 4 rings (SSSR count). The Balaban J connectivity index is 1.68. The first-order chi connectivity index (χ1) is 13.9. The minimum atomic E-state index is -2.02. The third-order valence-corrected chi connectivity index (χ3v) is 5.02. The van der Waals surface area contributed by atoms with Gasteiger partial charge >= 0.3 is 0 Å². The number of carbonyl (C=O) groups is 1. The molecule has 148 valence electrons. The number of anilines is 1. The van der Waals surface area contributed by atoms with Gasteiger partial charge in [0.2, 0.25) is 5.69 Å². The van der Waals surface area contributed by atoms with E-state index in [1.807, 2.05) is 0 Å². The molecular formula is C20H16F2N4O3. The van der Waals surface area contributed by atoms with Gasteiger partial charge in [-0.05, 0) is 24.3 Å². The molecule has 1 saturated heterocycles. The second-order valence-corrected chi connectivity index (χ2v) is 6.90. The van der Waals surface area contributed by atoms with E-state index in [9.17, 15) is 9.18 Å². The highest BCUT2D eigenvalue weighted by atomic mass is 19.1. The van der Waals surface area contributed by atoms with Crippen LogP contribution in [-0.2, 0) is 15.0 Å². The molecule has 0 radical (unpaired) electrons. The fourth-order valence-corrected chi connectivity index (χ4v) is 3.50. The normalized spacial score (nSPS) is 25.4. The second-order valence-electron chi connectivity index (χ2n) is 6.90. The molecule has 1 N–H and O–H groups in total. The zero-order valence-electron chi connectivity index (χ0n) is 15.4. The monoisotopic (exact) mass is 398 g/mol. The number of carbonyl (C=O) groups excluding carboxylic acids is 1. The summed E-state index contributed by atoms with van der Waals surface area (Å²) >= 11 is 0. The molecule has 1 aromatic carbocycles. The molecule has 2 atom stereocenters. The zero-order chi connectivity index (χ0) is 20.6. The summed E-state index contributed by atoms with van der Waals surface area (Å²) in [5, 5.41) is 2.61. The molecule has 2 aliphatic heterocycles. The minimum Gasteiger partial charge on any atom is -0.478 e. The van der Waals surface area contributed by atoms with Gasteiger partial charge in [0, 0.05) is 24.4 Å². The third-order valence-electron chi connectivity index (χ3n) is 5.02. The van der Waals surface area contributed by atoms with E-state index in [1.165, 1.54) is 30.5 Å². The van der Waals surface area contributed by atoms with E-state index in [1.54, 1.807) is 6.92 Å². The molecule has 3 heterocycles. The molecule has 9 heteroatoms. The number of ether oxygens (including phenoxy) is 2. The first-order valence-corrected chi connectivity index (χ1v) is 8.78. The van der Waals surface area contributed by atoms with Crippen molar-refractivity contribution in [1.29, 1.82) is 0 Å².